The van der Waals surface area contributed by atoms with E-state index < -0.39 is 33.0 Å². The molecule has 0 saturated heterocycles. The summed E-state index contributed by atoms with van der Waals surface area (Å²) in [4.78, 5) is 43.7. The standard InChI is InChI=1S/C3H8O8P2.BH3/c4-2(5)1-3(12(6,7)8)13(9,10)11;/h3H,1H2,(H,4,5)(H2,6,7,8)(H2,9,10,11);1H3. The molecule has 0 radical (unpaired) electrons. The first kappa shape index (κ1) is 16.3. The molecule has 0 atom stereocenters. The zero-order chi connectivity index (χ0) is 10.9. The Hall–Kier alpha value is -0.165. The topological polar surface area (TPSA) is 152 Å². The van der Waals surface area contributed by atoms with E-state index in [1.807, 2.05) is 0 Å². The lowest BCUT2D eigenvalue weighted by molar-refractivity contribution is -0.136. The highest BCUT2D eigenvalue weighted by atomic mass is 31.2. The van der Waals surface area contributed by atoms with Gasteiger partial charge in [0.25, 0.3) is 0 Å². The van der Waals surface area contributed by atoms with Gasteiger partial charge in [-0.25, -0.2) is 0 Å². The molecule has 0 spiro atoms. The molecule has 0 saturated carbocycles. The predicted octanol–water partition coefficient (Wildman–Crippen LogP) is -2.04. The lowest BCUT2D eigenvalue weighted by Crippen LogP contribution is -2.14. The van der Waals surface area contributed by atoms with Gasteiger partial charge in [0.1, 0.15) is 0 Å². The van der Waals surface area contributed by atoms with Gasteiger partial charge in [-0.05, 0) is 0 Å². The maximum Gasteiger partial charge on any atom is 0.341 e. The van der Waals surface area contributed by atoms with E-state index in [1.54, 1.807) is 0 Å². The third kappa shape index (κ3) is 5.54. The van der Waals surface area contributed by atoms with Gasteiger partial charge < -0.3 is 24.7 Å². The molecular formula is C3H11BO8P2. The van der Waals surface area contributed by atoms with Crippen LogP contribution in [0.4, 0.5) is 0 Å². The van der Waals surface area contributed by atoms with E-state index in [4.69, 9.17) is 24.7 Å². The molecule has 11 heteroatoms. The van der Waals surface area contributed by atoms with E-state index >= 15 is 0 Å². The molecular weight excluding hydrogens is 237 g/mol. The van der Waals surface area contributed by atoms with Gasteiger partial charge in [-0.2, -0.15) is 0 Å². The van der Waals surface area contributed by atoms with E-state index in [2.05, 4.69) is 0 Å². The summed E-state index contributed by atoms with van der Waals surface area (Å²) in [6, 6.07) is 0. The van der Waals surface area contributed by atoms with Crippen molar-refractivity contribution < 1.29 is 38.6 Å². The second-order valence-corrected chi connectivity index (χ2v) is 6.27. The van der Waals surface area contributed by atoms with Gasteiger partial charge in [0.05, 0.1) is 14.8 Å². The van der Waals surface area contributed by atoms with Crippen LogP contribution in [-0.4, -0.2) is 44.5 Å². The lowest BCUT2D eigenvalue weighted by atomic mass is 10.5. The molecule has 0 aliphatic rings. The molecule has 8 nitrogen and oxygen atoms in total. The van der Waals surface area contributed by atoms with Gasteiger partial charge in [0.2, 0.25) is 0 Å². The van der Waals surface area contributed by atoms with Crippen molar-refractivity contribution in [3.63, 3.8) is 0 Å². The van der Waals surface area contributed by atoms with Crippen LogP contribution in [0.5, 0.6) is 0 Å². The van der Waals surface area contributed by atoms with E-state index in [0.717, 1.165) is 0 Å². The van der Waals surface area contributed by atoms with Crippen LogP contribution < -0.4 is 0 Å². The molecule has 0 aromatic rings. The van der Waals surface area contributed by atoms with E-state index in [1.165, 1.54) is 0 Å². The Bertz CT molecular complexity index is 267. The summed E-state index contributed by atoms with van der Waals surface area (Å²) in [6.07, 6.45) is -1.27. The number of carboxylic acids is 1. The Kier molecular flexibility index (Phi) is 5.89. The molecule has 0 aliphatic heterocycles. The fourth-order valence-corrected chi connectivity index (χ4v) is 2.95. The van der Waals surface area contributed by atoms with E-state index in [0.29, 0.717) is 0 Å². The second-order valence-electron chi connectivity index (χ2n) is 2.26. The number of carboxylic acid groups (broad SMARTS) is 1. The van der Waals surface area contributed by atoms with Crippen LogP contribution in [0.2, 0.25) is 0 Å². The van der Waals surface area contributed by atoms with Gasteiger partial charge in [0, 0.05) is 0 Å². The molecule has 0 unspecified atom stereocenters. The Labute approximate surface area is 80.8 Å². The Morgan fingerprint density at radius 2 is 1.36 bits per heavy atom. The average Bonchev–Trinajstić information content (AvgIpc) is 1.77. The molecule has 0 fully saturated rings. The second kappa shape index (κ2) is 5.07. The Morgan fingerprint density at radius 3 is 1.43 bits per heavy atom. The van der Waals surface area contributed by atoms with Crippen LogP contribution in [-0.2, 0) is 13.9 Å². The summed E-state index contributed by atoms with van der Waals surface area (Å²) in [7, 11) is -10.2. The highest BCUT2D eigenvalue weighted by molar-refractivity contribution is 7.70. The Balaban J connectivity index is 0. The summed E-state index contributed by atoms with van der Waals surface area (Å²) in [5.41, 5.74) is 0. The molecule has 0 bridgehead atoms. The highest BCUT2D eigenvalue weighted by Crippen LogP contribution is 2.61. The first-order valence-corrected chi connectivity index (χ1v) is 6.23. The minimum absolute atomic E-state index is 0. The Morgan fingerprint density at radius 1 is 1.07 bits per heavy atom. The van der Waals surface area contributed by atoms with Gasteiger partial charge in [-0.3, -0.25) is 13.9 Å². The monoisotopic (exact) mass is 248 g/mol. The maximum atomic E-state index is 10.5. The third-order valence-corrected chi connectivity index (χ3v) is 4.86. The molecule has 0 amide bonds. The zero-order valence-electron chi connectivity index (χ0n) is 6.14. The van der Waals surface area contributed by atoms with E-state index in [-0.39, 0.29) is 8.41 Å². The predicted molar refractivity (Wildman–Crippen MR) is 50.1 cm³/mol. The van der Waals surface area contributed by atoms with Crippen LogP contribution in [0.1, 0.15) is 6.42 Å². The summed E-state index contributed by atoms with van der Waals surface area (Å²) >= 11 is 0. The fourth-order valence-electron chi connectivity index (χ4n) is 0.590. The quantitative estimate of drug-likeness (QED) is 0.281. The fraction of sp³-hybridized carbons (Fsp3) is 0.667. The summed E-state index contributed by atoms with van der Waals surface area (Å²) in [6.45, 7) is 0. The normalized spacial score (nSPS) is 12.4. The average molecular weight is 248 g/mol. The number of hydrogen-bond acceptors (Lipinski definition) is 3. The maximum absolute atomic E-state index is 10.5. The van der Waals surface area contributed by atoms with Crippen molar-refractivity contribution in [1.29, 1.82) is 0 Å². The van der Waals surface area contributed by atoms with Crippen molar-refractivity contribution in [1.82, 2.24) is 0 Å². The number of aliphatic carboxylic acids is 1. The molecule has 84 valence electrons. The van der Waals surface area contributed by atoms with Crippen LogP contribution in [0.25, 0.3) is 0 Å². The van der Waals surface area contributed by atoms with Crippen molar-refractivity contribution in [2.75, 3.05) is 0 Å². The highest BCUT2D eigenvalue weighted by Gasteiger charge is 2.44. The molecule has 0 aromatic carbocycles. The molecule has 14 heavy (non-hydrogen) atoms. The van der Waals surface area contributed by atoms with Crippen molar-refractivity contribution >= 4 is 29.6 Å². The summed E-state index contributed by atoms with van der Waals surface area (Å²) in [5, 5.41) is 5.66. The van der Waals surface area contributed by atoms with Gasteiger partial charge >= 0.3 is 21.2 Å². The molecule has 5 N–H and O–H groups in total. The number of rotatable bonds is 4. The SMILES string of the molecule is B.O=C(O)CC(P(=O)(O)O)P(=O)(O)O. The van der Waals surface area contributed by atoms with Crippen LogP contribution >= 0.6 is 15.2 Å². The number of carbonyl (C=O) groups is 1. The third-order valence-electron chi connectivity index (χ3n) is 1.13. The molecule has 0 heterocycles. The zero-order valence-corrected chi connectivity index (χ0v) is 7.93. The van der Waals surface area contributed by atoms with Crippen LogP contribution in [0.15, 0.2) is 0 Å². The number of hydrogen-bond donors (Lipinski definition) is 5. The van der Waals surface area contributed by atoms with Gasteiger partial charge in [0.15, 0.2) is 5.40 Å². The molecule has 0 rings (SSSR count). The molecule has 0 aliphatic carbocycles. The van der Waals surface area contributed by atoms with Crippen molar-refractivity contribution in [3.05, 3.63) is 0 Å². The summed E-state index contributed by atoms with van der Waals surface area (Å²) in [5.74, 6) is -1.68. The van der Waals surface area contributed by atoms with Gasteiger partial charge in [-0.1, -0.05) is 0 Å². The van der Waals surface area contributed by atoms with E-state index in [9.17, 15) is 13.9 Å². The van der Waals surface area contributed by atoms with Crippen molar-refractivity contribution in [3.8, 4) is 0 Å². The first-order valence-electron chi connectivity index (χ1n) is 2.87. The lowest BCUT2D eigenvalue weighted by Gasteiger charge is -2.17. The van der Waals surface area contributed by atoms with Crippen LogP contribution in [0.3, 0.4) is 0 Å². The minimum Gasteiger partial charge on any atom is -0.481 e. The summed E-state index contributed by atoms with van der Waals surface area (Å²) < 4.78 is 20.9. The molecule has 0 aromatic heterocycles. The van der Waals surface area contributed by atoms with Crippen molar-refractivity contribution in [2.45, 2.75) is 11.8 Å². The first-order chi connectivity index (χ1) is 5.55. The smallest absolute Gasteiger partial charge is 0.341 e. The van der Waals surface area contributed by atoms with Gasteiger partial charge in [-0.15, -0.1) is 0 Å². The van der Waals surface area contributed by atoms with Crippen molar-refractivity contribution in [2.24, 2.45) is 0 Å². The largest absolute Gasteiger partial charge is 0.481 e. The minimum atomic E-state index is -5.10. The van der Waals surface area contributed by atoms with Crippen LogP contribution in [0, 0.1) is 0 Å².